The van der Waals surface area contributed by atoms with Crippen LogP contribution in [0.2, 0.25) is 0 Å². The summed E-state index contributed by atoms with van der Waals surface area (Å²) in [5.41, 5.74) is 1.28. The maximum Gasteiger partial charge on any atom is 0.337 e. The molecule has 1 rings (SSSR count). The summed E-state index contributed by atoms with van der Waals surface area (Å²) in [5.74, 6) is -2.54. The van der Waals surface area contributed by atoms with Crippen molar-refractivity contribution in [1.29, 1.82) is 0 Å². The van der Waals surface area contributed by atoms with E-state index in [-0.39, 0.29) is 11.1 Å². The van der Waals surface area contributed by atoms with Crippen LogP contribution in [0.15, 0.2) is 12.1 Å². The molecule has 16 heavy (non-hydrogen) atoms. The largest absolute Gasteiger partial charge is 0.479 e. The third kappa shape index (κ3) is 2.20. The van der Waals surface area contributed by atoms with Crippen LogP contribution in [-0.4, -0.2) is 27.3 Å². The number of carbonyl (C=O) groups is 2. The zero-order chi connectivity index (χ0) is 12.5. The first-order valence-electron chi connectivity index (χ1n) is 4.60. The van der Waals surface area contributed by atoms with Crippen molar-refractivity contribution in [2.75, 3.05) is 0 Å². The van der Waals surface area contributed by atoms with E-state index in [9.17, 15) is 14.7 Å². The first kappa shape index (κ1) is 12.2. The van der Waals surface area contributed by atoms with E-state index in [0.29, 0.717) is 11.1 Å². The predicted molar refractivity (Wildman–Crippen MR) is 55.5 cm³/mol. The first-order chi connectivity index (χ1) is 7.34. The zero-order valence-corrected chi connectivity index (χ0v) is 8.89. The van der Waals surface area contributed by atoms with Crippen LogP contribution < -0.4 is 0 Å². The van der Waals surface area contributed by atoms with Crippen molar-refractivity contribution in [3.63, 3.8) is 0 Å². The average Bonchev–Trinajstić information content (AvgIpc) is 2.20. The van der Waals surface area contributed by atoms with Gasteiger partial charge in [0.1, 0.15) is 0 Å². The number of aliphatic hydroxyl groups is 1. The molecule has 3 N–H and O–H groups in total. The Labute approximate surface area is 92.0 Å². The number of hydrogen-bond acceptors (Lipinski definition) is 3. The molecule has 0 saturated carbocycles. The van der Waals surface area contributed by atoms with E-state index in [2.05, 4.69) is 0 Å². The highest BCUT2D eigenvalue weighted by Crippen LogP contribution is 2.21. The number of aliphatic hydroxyl groups excluding tert-OH is 1. The summed E-state index contributed by atoms with van der Waals surface area (Å²) in [7, 11) is 0. The topological polar surface area (TPSA) is 94.8 Å². The lowest BCUT2D eigenvalue weighted by Crippen LogP contribution is -2.12. The molecule has 0 aliphatic rings. The molecule has 0 saturated heterocycles. The molecular weight excluding hydrogens is 212 g/mol. The summed E-state index contributed by atoms with van der Waals surface area (Å²) in [6.45, 7) is 3.30. The molecule has 0 aliphatic heterocycles. The summed E-state index contributed by atoms with van der Waals surface area (Å²) in [5, 5.41) is 26.9. The number of aliphatic carboxylic acids is 1. The molecule has 1 atom stereocenters. The van der Waals surface area contributed by atoms with Crippen molar-refractivity contribution in [2.45, 2.75) is 20.0 Å². The molecule has 0 aliphatic carbocycles. The van der Waals surface area contributed by atoms with Gasteiger partial charge in [-0.25, -0.2) is 9.59 Å². The van der Waals surface area contributed by atoms with E-state index in [1.165, 1.54) is 12.1 Å². The minimum Gasteiger partial charge on any atom is -0.479 e. The Kier molecular flexibility index (Phi) is 3.29. The fourth-order valence-corrected chi connectivity index (χ4v) is 1.41. The summed E-state index contributed by atoms with van der Waals surface area (Å²) < 4.78 is 0. The molecule has 5 nitrogen and oxygen atoms in total. The van der Waals surface area contributed by atoms with Gasteiger partial charge in [-0.1, -0.05) is 6.07 Å². The molecule has 0 spiro atoms. The van der Waals surface area contributed by atoms with Crippen LogP contribution in [0.4, 0.5) is 0 Å². The molecule has 0 aromatic heterocycles. The highest BCUT2D eigenvalue weighted by molar-refractivity contribution is 5.90. The van der Waals surface area contributed by atoms with Gasteiger partial charge in [-0.15, -0.1) is 0 Å². The smallest absolute Gasteiger partial charge is 0.337 e. The second-order valence-electron chi connectivity index (χ2n) is 3.56. The first-order valence-corrected chi connectivity index (χ1v) is 4.60. The lowest BCUT2D eigenvalue weighted by molar-refractivity contribution is -0.146. The summed E-state index contributed by atoms with van der Waals surface area (Å²) in [6.07, 6.45) is -1.70. The van der Waals surface area contributed by atoms with Crippen molar-refractivity contribution in [3.8, 4) is 0 Å². The molecule has 1 unspecified atom stereocenters. The number of rotatable bonds is 3. The number of benzene rings is 1. The van der Waals surface area contributed by atoms with Gasteiger partial charge in [0.15, 0.2) is 6.10 Å². The van der Waals surface area contributed by atoms with Gasteiger partial charge in [-0.05, 0) is 36.6 Å². The Morgan fingerprint density at radius 3 is 2.19 bits per heavy atom. The molecule has 0 bridgehead atoms. The van der Waals surface area contributed by atoms with Crippen LogP contribution in [0.3, 0.4) is 0 Å². The van der Waals surface area contributed by atoms with Gasteiger partial charge in [0.05, 0.1) is 5.56 Å². The molecule has 0 fully saturated rings. The van der Waals surface area contributed by atoms with E-state index in [1.807, 2.05) is 0 Å². The zero-order valence-electron chi connectivity index (χ0n) is 8.89. The maximum absolute atomic E-state index is 10.9. The van der Waals surface area contributed by atoms with Gasteiger partial charge in [-0.3, -0.25) is 0 Å². The van der Waals surface area contributed by atoms with Crippen molar-refractivity contribution in [3.05, 3.63) is 34.4 Å². The minimum atomic E-state index is -1.70. The second kappa shape index (κ2) is 4.32. The van der Waals surface area contributed by atoms with Crippen LogP contribution in [-0.2, 0) is 4.79 Å². The number of aromatic carboxylic acids is 1. The number of carboxylic acid groups (broad SMARTS) is 2. The molecule has 0 amide bonds. The van der Waals surface area contributed by atoms with Gasteiger partial charge in [0.25, 0.3) is 0 Å². The third-order valence-corrected chi connectivity index (χ3v) is 2.47. The molecule has 1 aromatic rings. The van der Waals surface area contributed by atoms with Gasteiger partial charge in [-0.2, -0.15) is 0 Å². The summed E-state index contributed by atoms with van der Waals surface area (Å²) in [4.78, 5) is 21.5. The molecule has 86 valence electrons. The SMILES string of the molecule is Cc1cc(C(O)C(=O)O)cc(C(=O)O)c1C. The highest BCUT2D eigenvalue weighted by atomic mass is 16.4. The summed E-state index contributed by atoms with van der Waals surface area (Å²) >= 11 is 0. The third-order valence-electron chi connectivity index (χ3n) is 2.47. The highest BCUT2D eigenvalue weighted by Gasteiger charge is 2.19. The van der Waals surface area contributed by atoms with Crippen LogP contribution in [0.1, 0.15) is 33.2 Å². The number of carboxylic acids is 2. The van der Waals surface area contributed by atoms with E-state index in [0.717, 1.165) is 0 Å². The minimum absolute atomic E-state index is 0.00954. The van der Waals surface area contributed by atoms with E-state index >= 15 is 0 Å². The van der Waals surface area contributed by atoms with E-state index in [4.69, 9.17) is 10.2 Å². The number of hydrogen-bond donors (Lipinski definition) is 3. The summed E-state index contributed by atoms with van der Waals surface area (Å²) in [6, 6.07) is 2.66. The average molecular weight is 224 g/mol. The molecule has 1 aromatic carbocycles. The quantitative estimate of drug-likeness (QED) is 0.715. The number of aryl methyl sites for hydroxylation is 1. The standard InChI is InChI=1S/C11H12O5/c1-5-3-7(9(12)11(15)16)4-8(6(5)2)10(13)14/h3-4,9,12H,1-2H3,(H,13,14)(H,15,16). The van der Waals surface area contributed by atoms with Crippen molar-refractivity contribution in [2.24, 2.45) is 0 Å². The fourth-order valence-electron chi connectivity index (χ4n) is 1.41. The van der Waals surface area contributed by atoms with Crippen LogP contribution in [0.5, 0.6) is 0 Å². The molecule has 0 radical (unpaired) electrons. The lowest BCUT2D eigenvalue weighted by atomic mass is 9.97. The fraction of sp³-hybridized carbons (Fsp3) is 0.273. The normalized spacial score (nSPS) is 12.2. The van der Waals surface area contributed by atoms with Crippen LogP contribution in [0, 0.1) is 13.8 Å². The second-order valence-corrected chi connectivity index (χ2v) is 3.56. The molecule has 5 heteroatoms. The molecule has 0 heterocycles. The maximum atomic E-state index is 10.9. The van der Waals surface area contributed by atoms with Crippen molar-refractivity contribution in [1.82, 2.24) is 0 Å². The van der Waals surface area contributed by atoms with Crippen molar-refractivity contribution < 1.29 is 24.9 Å². The van der Waals surface area contributed by atoms with E-state index in [1.54, 1.807) is 13.8 Å². The predicted octanol–water partition coefficient (Wildman–Crippen LogP) is 1.12. The molecular formula is C11H12O5. The van der Waals surface area contributed by atoms with Crippen molar-refractivity contribution >= 4 is 11.9 Å². The van der Waals surface area contributed by atoms with Gasteiger partial charge < -0.3 is 15.3 Å². The Bertz CT molecular complexity index is 450. The van der Waals surface area contributed by atoms with E-state index < -0.39 is 18.0 Å². The Morgan fingerprint density at radius 1 is 1.19 bits per heavy atom. The lowest BCUT2D eigenvalue weighted by Gasteiger charge is -2.11. The van der Waals surface area contributed by atoms with Gasteiger partial charge >= 0.3 is 11.9 Å². The monoisotopic (exact) mass is 224 g/mol. The Morgan fingerprint density at radius 2 is 1.75 bits per heavy atom. The van der Waals surface area contributed by atoms with Gasteiger partial charge in [0.2, 0.25) is 0 Å². The van der Waals surface area contributed by atoms with Gasteiger partial charge in [0, 0.05) is 0 Å². The van der Waals surface area contributed by atoms with Crippen LogP contribution in [0.25, 0.3) is 0 Å². The van der Waals surface area contributed by atoms with Crippen LogP contribution >= 0.6 is 0 Å². The Balaban J connectivity index is 3.34. The Hall–Kier alpha value is -1.88.